The highest BCUT2D eigenvalue weighted by atomic mass is 35.5. The first-order chi connectivity index (χ1) is 9.06. The lowest BCUT2D eigenvalue weighted by molar-refractivity contribution is 0.158. The predicted octanol–water partition coefficient (Wildman–Crippen LogP) is 1.41. The van der Waals surface area contributed by atoms with E-state index in [0.29, 0.717) is 11.0 Å². The van der Waals surface area contributed by atoms with E-state index >= 15 is 0 Å². The Morgan fingerprint density at radius 1 is 1.11 bits per heavy atom. The van der Waals surface area contributed by atoms with Crippen LogP contribution in [-0.4, -0.2) is 66.1 Å². The van der Waals surface area contributed by atoms with E-state index in [9.17, 15) is 0 Å². The number of nitrogens with one attached hydrogen (secondary N) is 1. The third-order valence-electron chi connectivity index (χ3n) is 3.58. The van der Waals surface area contributed by atoms with Gasteiger partial charge in [0.2, 0.25) is 0 Å². The second kappa shape index (κ2) is 6.50. The summed E-state index contributed by atoms with van der Waals surface area (Å²) >= 11 is 6.09. The van der Waals surface area contributed by atoms with Crippen LogP contribution in [0.4, 0.5) is 5.82 Å². The summed E-state index contributed by atoms with van der Waals surface area (Å²) in [5, 5.41) is 3.74. The average molecular weight is 284 g/mol. The van der Waals surface area contributed by atoms with Gasteiger partial charge in [0.1, 0.15) is 0 Å². The molecule has 0 amide bonds. The Kier molecular flexibility index (Phi) is 4.96. The van der Waals surface area contributed by atoms with Gasteiger partial charge in [-0.05, 0) is 20.9 Å². The Morgan fingerprint density at radius 3 is 2.42 bits per heavy atom. The number of hydrogen-bond donors (Lipinski definition) is 1. The van der Waals surface area contributed by atoms with Crippen molar-refractivity contribution in [3.8, 4) is 0 Å². The van der Waals surface area contributed by atoms with Gasteiger partial charge in [-0.15, -0.1) is 0 Å². The van der Waals surface area contributed by atoms with Crippen LogP contribution in [0.1, 0.15) is 11.4 Å². The lowest BCUT2D eigenvalue weighted by atomic mass is 10.3. The van der Waals surface area contributed by atoms with Crippen LogP contribution in [0.15, 0.2) is 0 Å². The number of likely N-dealkylation sites (N-methyl/N-ethyl adjacent to an activating group) is 1. The molecule has 6 heteroatoms. The van der Waals surface area contributed by atoms with E-state index in [1.807, 2.05) is 13.8 Å². The Balaban J connectivity index is 1.81. The Bertz CT molecular complexity index is 429. The summed E-state index contributed by atoms with van der Waals surface area (Å²) in [5.74, 6) is 0.693. The molecular weight excluding hydrogens is 262 g/mol. The van der Waals surface area contributed by atoms with Crippen LogP contribution in [0, 0.1) is 13.8 Å². The van der Waals surface area contributed by atoms with Gasteiger partial charge < -0.3 is 10.2 Å². The zero-order valence-electron chi connectivity index (χ0n) is 11.9. The van der Waals surface area contributed by atoms with Crippen molar-refractivity contribution in [3.05, 3.63) is 16.5 Å². The van der Waals surface area contributed by atoms with E-state index in [1.54, 1.807) is 0 Å². The topological polar surface area (TPSA) is 44.3 Å². The van der Waals surface area contributed by atoms with E-state index in [0.717, 1.165) is 50.7 Å². The maximum Gasteiger partial charge on any atom is 0.171 e. The summed E-state index contributed by atoms with van der Waals surface area (Å²) in [5.41, 5.74) is 1.81. The van der Waals surface area contributed by atoms with Gasteiger partial charge in [-0.2, -0.15) is 0 Å². The zero-order valence-corrected chi connectivity index (χ0v) is 12.7. The standard InChI is InChI=1S/C13H22ClN5/c1-10-11(2)17-13(12(14)16-10)15-4-5-19-8-6-18(3)7-9-19/h4-9H2,1-3H3,(H,15,17). The number of rotatable bonds is 4. The Labute approximate surface area is 120 Å². The minimum absolute atomic E-state index is 0.460. The summed E-state index contributed by atoms with van der Waals surface area (Å²) in [6.45, 7) is 10.3. The molecule has 2 rings (SSSR count). The summed E-state index contributed by atoms with van der Waals surface area (Å²) in [6.07, 6.45) is 0. The smallest absolute Gasteiger partial charge is 0.171 e. The van der Waals surface area contributed by atoms with E-state index in [1.165, 1.54) is 0 Å². The van der Waals surface area contributed by atoms with Crippen molar-refractivity contribution in [1.29, 1.82) is 0 Å². The lowest BCUT2D eigenvalue weighted by Crippen LogP contribution is -2.45. The maximum absolute atomic E-state index is 6.09. The van der Waals surface area contributed by atoms with Crippen LogP contribution in [-0.2, 0) is 0 Å². The molecule has 0 atom stereocenters. The van der Waals surface area contributed by atoms with Gasteiger partial charge in [0.15, 0.2) is 11.0 Å². The number of aromatic nitrogens is 2. The molecule has 0 unspecified atom stereocenters. The van der Waals surface area contributed by atoms with Gasteiger partial charge >= 0.3 is 0 Å². The number of halogens is 1. The van der Waals surface area contributed by atoms with Crippen molar-refractivity contribution in [3.63, 3.8) is 0 Å². The molecule has 5 nitrogen and oxygen atoms in total. The van der Waals surface area contributed by atoms with Gasteiger partial charge in [-0.25, -0.2) is 9.97 Å². The molecule has 19 heavy (non-hydrogen) atoms. The molecule has 2 heterocycles. The molecule has 0 bridgehead atoms. The monoisotopic (exact) mass is 283 g/mol. The number of hydrogen-bond acceptors (Lipinski definition) is 5. The molecule has 1 aliphatic rings. The van der Waals surface area contributed by atoms with Crippen molar-refractivity contribution in [2.24, 2.45) is 0 Å². The third kappa shape index (κ3) is 4.03. The third-order valence-corrected chi connectivity index (χ3v) is 3.84. The number of anilines is 1. The predicted molar refractivity (Wildman–Crippen MR) is 78.9 cm³/mol. The Morgan fingerprint density at radius 2 is 1.74 bits per heavy atom. The molecule has 106 valence electrons. The van der Waals surface area contributed by atoms with Crippen LogP contribution < -0.4 is 5.32 Å². The highest BCUT2D eigenvalue weighted by Gasteiger charge is 2.13. The zero-order chi connectivity index (χ0) is 13.8. The molecule has 1 N–H and O–H groups in total. The first-order valence-electron chi connectivity index (χ1n) is 6.72. The molecule has 0 spiro atoms. The van der Waals surface area contributed by atoms with Crippen molar-refractivity contribution in [1.82, 2.24) is 19.8 Å². The minimum Gasteiger partial charge on any atom is -0.366 e. The van der Waals surface area contributed by atoms with Crippen LogP contribution in [0.5, 0.6) is 0 Å². The molecule has 1 aromatic heterocycles. The lowest BCUT2D eigenvalue weighted by Gasteiger charge is -2.32. The minimum atomic E-state index is 0.460. The van der Waals surface area contributed by atoms with Crippen LogP contribution >= 0.6 is 11.6 Å². The van der Waals surface area contributed by atoms with Crippen LogP contribution in [0.2, 0.25) is 5.15 Å². The SMILES string of the molecule is Cc1nc(Cl)c(NCCN2CCN(C)CC2)nc1C. The molecule has 1 aromatic rings. The first-order valence-corrected chi connectivity index (χ1v) is 7.09. The fourth-order valence-electron chi connectivity index (χ4n) is 2.09. The number of nitrogens with zero attached hydrogens (tertiary/aromatic N) is 4. The normalized spacial score (nSPS) is 17.7. The van der Waals surface area contributed by atoms with Crippen molar-refractivity contribution in [2.45, 2.75) is 13.8 Å². The second-order valence-electron chi connectivity index (χ2n) is 5.11. The van der Waals surface area contributed by atoms with Crippen molar-refractivity contribution < 1.29 is 0 Å². The van der Waals surface area contributed by atoms with Gasteiger partial charge in [-0.3, -0.25) is 4.90 Å². The summed E-state index contributed by atoms with van der Waals surface area (Å²) in [4.78, 5) is 13.5. The van der Waals surface area contributed by atoms with Crippen molar-refractivity contribution in [2.75, 3.05) is 51.6 Å². The molecule has 0 radical (unpaired) electrons. The first kappa shape index (κ1) is 14.5. The Hall–Kier alpha value is -0.910. The maximum atomic E-state index is 6.09. The highest BCUT2D eigenvalue weighted by Crippen LogP contribution is 2.17. The van der Waals surface area contributed by atoms with Crippen LogP contribution in [0.3, 0.4) is 0 Å². The summed E-state index contributed by atoms with van der Waals surface area (Å²) in [7, 11) is 2.17. The van der Waals surface area contributed by atoms with Crippen molar-refractivity contribution >= 4 is 17.4 Å². The molecule has 1 aliphatic heterocycles. The molecule has 1 saturated heterocycles. The molecule has 0 aliphatic carbocycles. The number of piperazine rings is 1. The summed E-state index contributed by atoms with van der Waals surface area (Å²) < 4.78 is 0. The van der Waals surface area contributed by atoms with E-state index in [-0.39, 0.29) is 0 Å². The highest BCUT2D eigenvalue weighted by molar-refractivity contribution is 6.31. The van der Waals surface area contributed by atoms with E-state index in [4.69, 9.17) is 11.6 Å². The average Bonchev–Trinajstić information content (AvgIpc) is 2.38. The fourth-order valence-corrected chi connectivity index (χ4v) is 2.33. The number of aryl methyl sites for hydroxylation is 2. The molecule has 1 fully saturated rings. The van der Waals surface area contributed by atoms with E-state index < -0.39 is 0 Å². The summed E-state index contributed by atoms with van der Waals surface area (Å²) in [6, 6.07) is 0. The quantitative estimate of drug-likeness (QED) is 0.905. The molecular formula is C13H22ClN5. The second-order valence-corrected chi connectivity index (χ2v) is 5.46. The molecule has 0 aromatic carbocycles. The largest absolute Gasteiger partial charge is 0.366 e. The van der Waals surface area contributed by atoms with Gasteiger partial charge in [0.05, 0.1) is 11.4 Å². The van der Waals surface area contributed by atoms with E-state index in [2.05, 4.69) is 32.1 Å². The molecule has 0 saturated carbocycles. The van der Waals surface area contributed by atoms with Gasteiger partial charge in [0.25, 0.3) is 0 Å². The van der Waals surface area contributed by atoms with Gasteiger partial charge in [0, 0.05) is 39.3 Å². The fraction of sp³-hybridized carbons (Fsp3) is 0.692. The van der Waals surface area contributed by atoms with Gasteiger partial charge in [-0.1, -0.05) is 11.6 Å². The van der Waals surface area contributed by atoms with Crippen LogP contribution in [0.25, 0.3) is 0 Å².